The van der Waals surface area contributed by atoms with Gasteiger partial charge >= 0.3 is 0 Å². The highest BCUT2D eigenvalue weighted by Crippen LogP contribution is 2.37. The summed E-state index contributed by atoms with van der Waals surface area (Å²) in [5.74, 6) is 0.892. The predicted molar refractivity (Wildman–Crippen MR) is 80.5 cm³/mol. The molecule has 0 aromatic heterocycles. The van der Waals surface area contributed by atoms with Crippen molar-refractivity contribution in [2.45, 2.75) is 25.3 Å². The Morgan fingerprint density at radius 3 is 2.94 bits per heavy atom. The summed E-state index contributed by atoms with van der Waals surface area (Å²) in [6.45, 7) is 3.34. The maximum Gasteiger partial charge on any atom is 0.0595 e. The molecule has 0 amide bonds. The van der Waals surface area contributed by atoms with E-state index in [4.69, 9.17) is 11.6 Å². The van der Waals surface area contributed by atoms with Crippen molar-refractivity contribution in [2.24, 2.45) is 5.92 Å². The van der Waals surface area contributed by atoms with Crippen molar-refractivity contribution in [3.05, 3.63) is 27.7 Å². The summed E-state index contributed by atoms with van der Waals surface area (Å²) in [5, 5.41) is 4.49. The van der Waals surface area contributed by atoms with Crippen LogP contribution < -0.4 is 10.2 Å². The zero-order valence-electron chi connectivity index (χ0n) is 10.3. The smallest absolute Gasteiger partial charge is 0.0595 e. The van der Waals surface area contributed by atoms with Crippen LogP contribution in [0.25, 0.3) is 0 Å². The highest BCUT2D eigenvalue weighted by atomic mass is 79.9. The van der Waals surface area contributed by atoms with Crippen LogP contribution in [0.1, 0.15) is 19.3 Å². The lowest BCUT2D eigenvalue weighted by molar-refractivity contribution is 0.490. The fourth-order valence-corrected chi connectivity index (χ4v) is 3.41. The molecule has 98 valence electrons. The van der Waals surface area contributed by atoms with E-state index in [1.807, 2.05) is 12.1 Å². The number of rotatable bonds is 2. The molecular formula is C14H18BrClN2. The van der Waals surface area contributed by atoms with Gasteiger partial charge in [0.15, 0.2) is 0 Å². The van der Waals surface area contributed by atoms with Crippen LogP contribution in [0.15, 0.2) is 22.7 Å². The predicted octanol–water partition coefficient (Wildman–Crippen LogP) is 3.68. The molecule has 2 nitrogen and oxygen atoms in total. The van der Waals surface area contributed by atoms with E-state index in [0.29, 0.717) is 6.04 Å². The maximum atomic E-state index is 6.20. The van der Waals surface area contributed by atoms with E-state index in [0.717, 1.165) is 35.0 Å². The number of anilines is 1. The van der Waals surface area contributed by atoms with Gasteiger partial charge in [0, 0.05) is 19.1 Å². The summed E-state index contributed by atoms with van der Waals surface area (Å²) in [4.78, 5) is 2.47. The van der Waals surface area contributed by atoms with Gasteiger partial charge < -0.3 is 10.2 Å². The van der Waals surface area contributed by atoms with Crippen molar-refractivity contribution in [2.75, 3.05) is 24.5 Å². The Hall–Kier alpha value is -0.250. The molecule has 1 atom stereocenters. The van der Waals surface area contributed by atoms with Gasteiger partial charge in [0.1, 0.15) is 0 Å². The lowest BCUT2D eigenvalue weighted by Crippen LogP contribution is -2.39. The molecular weight excluding hydrogens is 312 g/mol. The standard InChI is InChI=1S/C14H18BrClN2/c15-14-11(16)3-1-4-13(14)18-8-2-7-17-12(9-18)10-5-6-10/h1,3-4,10,12,17H,2,5-9H2. The van der Waals surface area contributed by atoms with Gasteiger partial charge in [-0.05, 0) is 59.8 Å². The minimum Gasteiger partial charge on any atom is -0.369 e. The summed E-state index contributed by atoms with van der Waals surface area (Å²) in [6.07, 6.45) is 3.98. The molecule has 0 radical (unpaired) electrons. The zero-order valence-corrected chi connectivity index (χ0v) is 12.7. The summed E-state index contributed by atoms with van der Waals surface area (Å²) in [7, 11) is 0. The largest absolute Gasteiger partial charge is 0.369 e. The number of halogens is 2. The molecule has 1 saturated carbocycles. The molecule has 1 aliphatic carbocycles. The first kappa shape index (κ1) is 12.8. The zero-order chi connectivity index (χ0) is 12.5. The molecule has 4 heteroatoms. The summed E-state index contributed by atoms with van der Waals surface area (Å²) >= 11 is 9.82. The van der Waals surface area contributed by atoms with E-state index < -0.39 is 0 Å². The van der Waals surface area contributed by atoms with Crippen LogP contribution in [0, 0.1) is 5.92 Å². The van der Waals surface area contributed by atoms with Gasteiger partial charge in [0.25, 0.3) is 0 Å². The van der Waals surface area contributed by atoms with Crippen LogP contribution in [0.3, 0.4) is 0 Å². The highest BCUT2D eigenvalue weighted by Gasteiger charge is 2.33. The van der Waals surface area contributed by atoms with Crippen molar-refractivity contribution in [3.63, 3.8) is 0 Å². The first-order valence-corrected chi connectivity index (χ1v) is 7.85. The van der Waals surface area contributed by atoms with E-state index in [2.05, 4.69) is 32.2 Å². The van der Waals surface area contributed by atoms with Crippen LogP contribution in [0.2, 0.25) is 5.02 Å². The fraction of sp³-hybridized carbons (Fsp3) is 0.571. The lowest BCUT2D eigenvalue weighted by Gasteiger charge is -2.27. The Balaban J connectivity index is 1.82. The summed E-state index contributed by atoms with van der Waals surface area (Å²) in [6, 6.07) is 6.78. The number of hydrogen-bond donors (Lipinski definition) is 1. The average molecular weight is 330 g/mol. The van der Waals surface area contributed by atoms with Crippen LogP contribution in [0.5, 0.6) is 0 Å². The normalized spacial score (nSPS) is 25.0. The molecule has 2 fully saturated rings. The summed E-state index contributed by atoms with van der Waals surface area (Å²) in [5.41, 5.74) is 1.23. The molecule has 1 aliphatic heterocycles. The Morgan fingerprint density at radius 1 is 1.33 bits per heavy atom. The Bertz CT molecular complexity index is 434. The second kappa shape index (κ2) is 5.40. The second-order valence-corrected chi connectivity index (χ2v) is 6.47. The lowest BCUT2D eigenvalue weighted by atomic mass is 10.1. The third-order valence-corrected chi connectivity index (χ3v) is 5.27. The molecule has 1 aromatic carbocycles. The van der Waals surface area contributed by atoms with Crippen LogP contribution in [0.4, 0.5) is 5.69 Å². The summed E-state index contributed by atoms with van der Waals surface area (Å²) < 4.78 is 1.03. The van der Waals surface area contributed by atoms with Gasteiger partial charge in [-0.15, -0.1) is 0 Å². The number of hydrogen-bond acceptors (Lipinski definition) is 2. The highest BCUT2D eigenvalue weighted by molar-refractivity contribution is 9.10. The van der Waals surface area contributed by atoms with Gasteiger partial charge in [-0.3, -0.25) is 0 Å². The average Bonchev–Trinajstić information content (AvgIpc) is 3.16. The van der Waals surface area contributed by atoms with Crippen molar-refractivity contribution in [3.8, 4) is 0 Å². The van der Waals surface area contributed by atoms with Gasteiger partial charge in [-0.25, -0.2) is 0 Å². The Labute approximate surface area is 122 Å². The molecule has 1 heterocycles. The van der Waals surface area contributed by atoms with Crippen LogP contribution in [-0.4, -0.2) is 25.7 Å². The van der Waals surface area contributed by atoms with Gasteiger partial charge in [-0.1, -0.05) is 17.7 Å². The van der Waals surface area contributed by atoms with E-state index in [1.165, 1.54) is 24.9 Å². The molecule has 1 unspecified atom stereocenters. The topological polar surface area (TPSA) is 15.3 Å². The molecule has 1 aromatic rings. The van der Waals surface area contributed by atoms with Crippen molar-refractivity contribution in [1.82, 2.24) is 5.32 Å². The first-order valence-electron chi connectivity index (χ1n) is 6.68. The Morgan fingerprint density at radius 2 is 2.17 bits per heavy atom. The van der Waals surface area contributed by atoms with Gasteiger partial charge in [0.05, 0.1) is 15.2 Å². The van der Waals surface area contributed by atoms with E-state index in [-0.39, 0.29) is 0 Å². The fourth-order valence-electron chi connectivity index (χ4n) is 2.72. The number of nitrogens with zero attached hydrogens (tertiary/aromatic N) is 1. The quantitative estimate of drug-likeness (QED) is 0.890. The third kappa shape index (κ3) is 2.68. The molecule has 0 spiro atoms. The van der Waals surface area contributed by atoms with Crippen molar-refractivity contribution in [1.29, 1.82) is 0 Å². The third-order valence-electron chi connectivity index (χ3n) is 3.89. The minimum absolute atomic E-state index is 0.651. The van der Waals surface area contributed by atoms with Crippen LogP contribution >= 0.6 is 27.5 Å². The molecule has 0 bridgehead atoms. The van der Waals surface area contributed by atoms with Crippen LogP contribution in [-0.2, 0) is 0 Å². The molecule has 18 heavy (non-hydrogen) atoms. The minimum atomic E-state index is 0.651. The molecule has 2 aliphatic rings. The van der Waals surface area contributed by atoms with Gasteiger partial charge in [0.2, 0.25) is 0 Å². The second-order valence-electron chi connectivity index (χ2n) is 5.27. The SMILES string of the molecule is Clc1cccc(N2CCCNC(C3CC3)C2)c1Br. The molecule has 1 N–H and O–H groups in total. The number of nitrogens with one attached hydrogen (secondary N) is 1. The molecule has 3 rings (SSSR count). The van der Waals surface area contributed by atoms with E-state index in [9.17, 15) is 0 Å². The van der Waals surface area contributed by atoms with Crippen molar-refractivity contribution < 1.29 is 0 Å². The van der Waals surface area contributed by atoms with Crippen molar-refractivity contribution >= 4 is 33.2 Å². The van der Waals surface area contributed by atoms with E-state index in [1.54, 1.807) is 0 Å². The first-order chi connectivity index (χ1) is 8.75. The monoisotopic (exact) mass is 328 g/mol. The Kier molecular flexibility index (Phi) is 3.83. The molecule has 1 saturated heterocycles. The van der Waals surface area contributed by atoms with E-state index >= 15 is 0 Å². The maximum absolute atomic E-state index is 6.20. The number of benzene rings is 1. The van der Waals surface area contributed by atoms with Gasteiger partial charge in [-0.2, -0.15) is 0 Å².